The van der Waals surface area contributed by atoms with E-state index in [1.165, 1.54) is 13.0 Å². The molecule has 0 aliphatic rings. The van der Waals surface area contributed by atoms with Gasteiger partial charge in [-0.2, -0.15) is 13.2 Å². The molecule has 0 aliphatic heterocycles. The number of benzene rings is 2. The minimum absolute atomic E-state index is 0.276. The van der Waals surface area contributed by atoms with Gasteiger partial charge in [0, 0.05) is 0 Å². The predicted molar refractivity (Wildman–Crippen MR) is 71.1 cm³/mol. The van der Waals surface area contributed by atoms with Crippen LogP contribution in [0.3, 0.4) is 0 Å². The molecule has 19 heavy (non-hydrogen) atoms. The third-order valence-electron chi connectivity index (χ3n) is 3.46. The maximum absolute atomic E-state index is 12.9. The molecule has 2 rings (SSSR count). The van der Waals surface area contributed by atoms with Gasteiger partial charge in [-0.25, -0.2) is 0 Å². The van der Waals surface area contributed by atoms with Crippen molar-refractivity contribution in [2.75, 3.05) is 0 Å². The third-order valence-corrected chi connectivity index (χ3v) is 3.46. The van der Waals surface area contributed by atoms with Crippen LogP contribution in [0.2, 0.25) is 0 Å². The summed E-state index contributed by atoms with van der Waals surface area (Å²) in [4.78, 5) is 0. The first kappa shape index (κ1) is 13.7. The lowest BCUT2D eigenvalue weighted by Crippen LogP contribution is -2.08. The molecule has 3 heteroatoms. The van der Waals surface area contributed by atoms with Crippen molar-refractivity contribution >= 4 is 0 Å². The fraction of sp³-hybridized carbons (Fsp3) is 0.250. The average Bonchev–Trinajstić information content (AvgIpc) is 2.32. The van der Waals surface area contributed by atoms with E-state index in [4.69, 9.17) is 0 Å². The van der Waals surface area contributed by atoms with Crippen LogP contribution in [0.4, 0.5) is 13.2 Å². The smallest absolute Gasteiger partial charge is 0.166 e. The van der Waals surface area contributed by atoms with E-state index in [0.717, 1.165) is 22.8 Å². The molecule has 0 bridgehead atoms. The monoisotopic (exact) mass is 264 g/mol. The molecular formula is C16H15F3. The average molecular weight is 264 g/mol. The van der Waals surface area contributed by atoms with E-state index in [2.05, 4.69) is 0 Å². The summed E-state index contributed by atoms with van der Waals surface area (Å²) in [6, 6.07) is 10.0. The van der Waals surface area contributed by atoms with E-state index in [0.29, 0.717) is 5.56 Å². The highest BCUT2D eigenvalue weighted by Crippen LogP contribution is 2.36. The summed E-state index contributed by atoms with van der Waals surface area (Å²) in [5.41, 5.74) is 3.38. The Balaban J connectivity index is 2.60. The molecule has 0 amide bonds. The largest absolute Gasteiger partial charge is 0.416 e. The van der Waals surface area contributed by atoms with E-state index in [9.17, 15) is 13.2 Å². The molecular weight excluding hydrogens is 249 g/mol. The first-order chi connectivity index (χ1) is 8.80. The maximum Gasteiger partial charge on any atom is 0.416 e. The van der Waals surface area contributed by atoms with Gasteiger partial charge >= 0.3 is 6.18 Å². The van der Waals surface area contributed by atoms with Crippen LogP contribution in [-0.2, 0) is 6.18 Å². The standard InChI is InChI=1S/C16H15F3/c1-10-7-8-13(9-11(10)2)14-5-4-6-15(12(14)3)16(17,18)19/h4-9H,1-3H3. The molecule has 0 unspecified atom stereocenters. The van der Waals surface area contributed by atoms with E-state index < -0.39 is 11.7 Å². The lowest BCUT2D eigenvalue weighted by Gasteiger charge is -2.14. The van der Waals surface area contributed by atoms with Gasteiger partial charge in [-0.15, -0.1) is 0 Å². The number of hydrogen-bond acceptors (Lipinski definition) is 0. The molecule has 2 aromatic rings. The first-order valence-corrected chi connectivity index (χ1v) is 6.05. The number of aryl methyl sites for hydroxylation is 2. The molecule has 0 atom stereocenters. The highest BCUT2D eigenvalue weighted by molar-refractivity contribution is 5.69. The van der Waals surface area contributed by atoms with Crippen molar-refractivity contribution in [2.24, 2.45) is 0 Å². The van der Waals surface area contributed by atoms with Gasteiger partial charge in [0.1, 0.15) is 0 Å². The summed E-state index contributed by atoms with van der Waals surface area (Å²) < 4.78 is 38.7. The normalized spacial score (nSPS) is 11.7. The van der Waals surface area contributed by atoms with Crippen LogP contribution in [-0.4, -0.2) is 0 Å². The lowest BCUT2D eigenvalue weighted by atomic mass is 9.94. The Bertz CT molecular complexity index is 610. The fourth-order valence-corrected chi connectivity index (χ4v) is 2.16. The topological polar surface area (TPSA) is 0 Å². The second-order valence-corrected chi connectivity index (χ2v) is 4.77. The predicted octanol–water partition coefficient (Wildman–Crippen LogP) is 5.30. The summed E-state index contributed by atoms with van der Waals surface area (Å²) in [5, 5.41) is 0. The van der Waals surface area contributed by atoms with Gasteiger partial charge in [0.2, 0.25) is 0 Å². The van der Waals surface area contributed by atoms with Crippen LogP contribution in [0, 0.1) is 20.8 Å². The van der Waals surface area contributed by atoms with Crippen molar-refractivity contribution in [3.05, 3.63) is 58.7 Å². The van der Waals surface area contributed by atoms with Crippen molar-refractivity contribution in [2.45, 2.75) is 26.9 Å². The summed E-state index contributed by atoms with van der Waals surface area (Å²) in [6.45, 7) is 5.47. The Kier molecular flexibility index (Phi) is 3.40. The highest BCUT2D eigenvalue weighted by atomic mass is 19.4. The maximum atomic E-state index is 12.9. The van der Waals surface area contributed by atoms with Crippen LogP contribution in [0.25, 0.3) is 11.1 Å². The molecule has 0 fully saturated rings. The summed E-state index contributed by atoms with van der Waals surface area (Å²) in [6.07, 6.45) is -4.31. The fourth-order valence-electron chi connectivity index (χ4n) is 2.16. The molecule has 0 saturated carbocycles. The number of halogens is 3. The second-order valence-electron chi connectivity index (χ2n) is 4.77. The van der Waals surface area contributed by atoms with Crippen molar-refractivity contribution in [1.29, 1.82) is 0 Å². The van der Waals surface area contributed by atoms with Gasteiger partial charge in [-0.3, -0.25) is 0 Å². The molecule has 0 aromatic heterocycles. The quantitative estimate of drug-likeness (QED) is 0.655. The molecule has 0 heterocycles. The zero-order valence-corrected chi connectivity index (χ0v) is 11.1. The Labute approximate surface area is 110 Å². The van der Waals surface area contributed by atoms with Crippen molar-refractivity contribution in [3.8, 4) is 11.1 Å². The minimum Gasteiger partial charge on any atom is -0.166 e. The minimum atomic E-state index is -4.31. The molecule has 0 spiro atoms. The molecule has 0 saturated heterocycles. The number of rotatable bonds is 1. The summed E-state index contributed by atoms with van der Waals surface area (Å²) >= 11 is 0. The van der Waals surface area contributed by atoms with Crippen LogP contribution in [0.1, 0.15) is 22.3 Å². The first-order valence-electron chi connectivity index (χ1n) is 6.05. The molecule has 2 aromatic carbocycles. The SMILES string of the molecule is Cc1ccc(-c2cccc(C(F)(F)F)c2C)cc1C. The van der Waals surface area contributed by atoms with Crippen LogP contribution < -0.4 is 0 Å². The Morgan fingerprint density at radius 1 is 0.842 bits per heavy atom. The molecule has 0 radical (unpaired) electrons. The van der Waals surface area contributed by atoms with Crippen molar-refractivity contribution in [1.82, 2.24) is 0 Å². The molecule has 0 N–H and O–H groups in total. The Morgan fingerprint density at radius 2 is 1.53 bits per heavy atom. The van der Waals surface area contributed by atoms with Gasteiger partial charge in [0.15, 0.2) is 0 Å². The van der Waals surface area contributed by atoms with Crippen LogP contribution in [0.5, 0.6) is 0 Å². The van der Waals surface area contributed by atoms with Crippen LogP contribution in [0.15, 0.2) is 36.4 Å². The van der Waals surface area contributed by atoms with Crippen molar-refractivity contribution in [3.63, 3.8) is 0 Å². The van der Waals surface area contributed by atoms with Crippen molar-refractivity contribution < 1.29 is 13.2 Å². The molecule has 0 nitrogen and oxygen atoms in total. The number of alkyl halides is 3. The number of hydrogen-bond donors (Lipinski definition) is 0. The van der Waals surface area contributed by atoms with Gasteiger partial charge in [0.25, 0.3) is 0 Å². The Morgan fingerprint density at radius 3 is 2.11 bits per heavy atom. The third kappa shape index (κ3) is 2.65. The zero-order valence-electron chi connectivity index (χ0n) is 11.1. The van der Waals surface area contributed by atoms with E-state index in [1.807, 2.05) is 32.0 Å². The highest BCUT2D eigenvalue weighted by Gasteiger charge is 2.32. The van der Waals surface area contributed by atoms with Gasteiger partial charge in [0.05, 0.1) is 5.56 Å². The Hall–Kier alpha value is -1.77. The second kappa shape index (κ2) is 4.72. The molecule has 0 aliphatic carbocycles. The summed E-state index contributed by atoms with van der Waals surface area (Å²) in [5.74, 6) is 0. The lowest BCUT2D eigenvalue weighted by molar-refractivity contribution is -0.138. The van der Waals surface area contributed by atoms with Gasteiger partial charge < -0.3 is 0 Å². The molecule has 100 valence electrons. The van der Waals surface area contributed by atoms with Crippen LogP contribution >= 0.6 is 0 Å². The van der Waals surface area contributed by atoms with E-state index in [1.54, 1.807) is 6.07 Å². The van der Waals surface area contributed by atoms with E-state index in [-0.39, 0.29) is 5.56 Å². The van der Waals surface area contributed by atoms with Gasteiger partial charge in [-0.1, -0.05) is 30.3 Å². The summed E-state index contributed by atoms with van der Waals surface area (Å²) in [7, 11) is 0. The van der Waals surface area contributed by atoms with Gasteiger partial charge in [-0.05, 0) is 54.7 Å². The van der Waals surface area contributed by atoms with E-state index >= 15 is 0 Å². The zero-order chi connectivity index (χ0) is 14.2.